The van der Waals surface area contributed by atoms with Crippen LogP contribution in [0.15, 0.2) is 11.4 Å². The molecule has 0 aromatic carbocycles. The number of piperidine rings is 1. The molecular weight excluding hydrogens is 247 g/mol. The third-order valence-corrected chi connectivity index (χ3v) is 2.86. The number of amides is 1. The van der Waals surface area contributed by atoms with Crippen molar-refractivity contribution in [2.75, 3.05) is 33.7 Å². The molecule has 0 bridgehead atoms. The molecule has 1 rings (SSSR count). The number of nitrogens with zero attached hydrogens (tertiary/aromatic N) is 2. The Labute approximate surface area is 115 Å². The summed E-state index contributed by atoms with van der Waals surface area (Å²) in [4.78, 5) is 15.3. The van der Waals surface area contributed by atoms with Crippen LogP contribution in [0.25, 0.3) is 0 Å². The third kappa shape index (κ3) is 5.59. The van der Waals surface area contributed by atoms with Crippen LogP contribution in [-0.4, -0.2) is 55.2 Å². The van der Waals surface area contributed by atoms with Gasteiger partial charge in [0, 0.05) is 19.6 Å². The van der Waals surface area contributed by atoms with Crippen molar-refractivity contribution in [2.24, 2.45) is 0 Å². The van der Waals surface area contributed by atoms with Crippen LogP contribution >= 0.6 is 0 Å². The second-order valence-electron chi connectivity index (χ2n) is 6.21. The lowest BCUT2D eigenvalue weighted by molar-refractivity contribution is 0.0235. The number of likely N-dealkylation sites (tertiary alicyclic amines) is 1. The van der Waals surface area contributed by atoms with Gasteiger partial charge >= 0.3 is 6.09 Å². The molecule has 0 aromatic rings. The van der Waals surface area contributed by atoms with Gasteiger partial charge in [-0.3, -0.25) is 0 Å². The lowest BCUT2D eigenvalue weighted by Crippen LogP contribution is -2.40. The molecule has 1 aliphatic heterocycles. The van der Waals surface area contributed by atoms with E-state index in [1.807, 2.05) is 39.8 Å². The van der Waals surface area contributed by atoms with Gasteiger partial charge in [0.2, 0.25) is 0 Å². The average Bonchev–Trinajstić information content (AvgIpc) is 2.26. The van der Waals surface area contributed by atoms with Crippen LogP contribution in [0.4, 0.5) is 9.18 Å². The fourth-order valence-electron chi connectivity index (χ4n) is 1.95. The largest absolute Gasteiger partial charge is 0.444 e. The van der Waals surface area contributed by atoms with Crippen molar-refractivity contribution in [3.05, 3.63) is 11.4 Å². The molecule has 1 amide bonds. The minimum atomic E-state index is -0.483. The first kappa shape index (κ1) is 16.0. The van der Waals surface area contributed by atoms with Gasteiger partial charge in [-0.2, -0.15) is 0 Å². The highest BCUT2D eigenvalue weighted by Crippen LogP contribution is 2.22. The van der Waals surface area contributed by atoms with Crippen LogP contribution < -0.4 is 0 Å². The summed E-state index contributed by atoms with van der Waals surface area (Å²) in [5, 5.41) is 0. The fraction of sp³-hybridized carbons (Fsp3) is 0.786. The number of hydrogen-bond acceptors (Lipinski definition) is 3. The Morgan fingerprint density at radius 2 is 1.84 bits per heavy atom. The maximum Gasteiger partial charge on any atom is 0.410 e. The molecule has 0 aromatic heterocycles. The molecule has 0 N–H and O–H groups in total. The van der Waals surface area contributed by atoms with Crippen molar-refractivity contribution in [1.82, 2.24) is 9.80 Å². The first-order valence-electron chi connectivity index (χ1n) is 6.68. The van der Waals surface area contributed by atoms with Crippen LogP contribution in [0.1, 0.15) is 33.6 Å². The molecule has 1 aliphatic rings. The maximum atomic E-state index is 13.8. The number of ether oxygens (including phenoxy) is 1. The lowest BCUT2D eigenvalue weighted by Gasteiger charge is -2.31. The van der Waals surface area contributed by atoms with Crippen molar-refractivity contribution in [3.63, 3.8) is 0 Å². The van der Waals surface area contributed by atoms with Crippen LogP contribution in [-0.2, 0) is 4.74 Å². The molecule has 0 aliphatic carbocycles. The van der Waals surface area contributed by atoms with Crippen molar-refractivity contribution in [1.29, 1.82) is 0 Å². The number of rotatable bonds is 2. The highest BCUT2D eigenvalue weighted by atomic mass is 19.1. The van der Waals surface area contributed by atoms with E-state index in [-0.39, 0.29) is 11.9 Å². The highest BCUT2D eigenvalue weighted by molar-refractivity contribution is 5.68. The summed E-state index contributed by atoms with van der Waals surface area (Å²) >= 11 is 0. The van der Waals surface area contributed by atoms with E-state index in [4.69, 9.17) is 4.74 Å². The standard InChI is InChI=1S/C14H25FN2O2/c1-14(2,3)19-13(18)17-8-6-11(7-9-17)12(15)10-16(4)5/h6-10H2,1-5H3. The summed E-state index contributed by atoms with van der Waals surface area (Å²) in [6.45, 7) is 6.93. The van der Waals surface area contributed by atoms with E-state index < -0.39 is 5.60 Å². The van der Waals surface area contributed by atoms with E-state index in [1.165, 1.54) is 0 Å². The second kappa shape index (κ2) is 6.37. The molecule has 1 saturated heterocycles. The van der Waals surface area contributed by atoms with Gasteiger partial charge in [-0.25, -0.2) is 9.18 Å². The van der Waals surface area contributed by atoms with E-state index in [1.54, 1.807) is 4.90 Å². The zero-order valence-electron chi connectivity index (χ0n) is 12.6. The maximum absolute atomic E-state index is 13.8. The van der Waals surface area contributed by atoms with Crippen LogP contribution in [0.5, 0.6) is 0 Å². The highest BCUT2D eigenvalue weighted by Gasteiger charge is 2.25. The van der Waals surface area contributed by atoms with Crippen molar-refractivity contribution < 1.29 is 13.9 Å². The Balaban J connectivity index is 2.51. The van der Waals surface area contributed by atoms with Crippen LogP contribution in [0.2, 0.25) is 0 Å². The smallest absolute Gasteiger partial charge is 0.410 e. The van der Waals surface area contributed by atoms with Gasteiger partial charge in [0.1, 0.15) is 11.4 Å². The van der Waals surface area contributed by atoms with Gasteiger partial charge in [0.15, 0.2) is 0 Å². The van der Waals surface area contributed by atoms with Gasteiger partial charge < -0.3 is 14.5 Å². The average molecular weight is 272 g/mol. The Morgan fingerprint density at radius 3 is 2.26 bits per heavy atom. The van der Waals surface area contributed by atoms with E-state index in [0.717, 1.165) is 5.57 Å². The molecule has 1 heterocycles. The number of carbonyl (C=O) groups excluding carboxylic acids is 1. The second-order valence-corrected chi connectivity index (χ2v) is 6.21. The summed E-state index contributed by atoms with van der Waals surface area (Å²) in [7, 11) is 3.69. The van der Waals surface area contributed by atoms with Gasteiger partial charge in [0.25, 0.3) is 0 Å². The molecule has 1 fully saturated rings. The number of hydrogen-bond donors (Lipinski definition) is 0. The third-order valence-electron chi connectivity index (χ3n) is 2.86. The number of carbonyl (C=O) groups is 1. The monoisotopic (exact) mass is 272 g/mol. The minimum Gasteiger partial charge on any atom is -0.444 e. The molecule has 0 saturated carbocycles. The lowest BCUT2D eigenvalue weighted by atomic mass is 10.0. The predicted molar refractivity (Wildman–Crippen MR) is 73.7 cm³/mol. The quantitative estimate of drug-likeness (QED) is 0.775. The molecular formula is C14H25FN2O2. The summed E-state index contributed by atoms with van der Waals surface area (Å²) in [5.41, 5.74) is 0.345. The van der Waals surface area contributed by atoms with Crippen molar-refractivity contribution >= 4 is 6.09 Å². The van der Waals surface area contributed by atoms with Crippen molar-refractivity contribution in [3.8, 4) is 0 Å². The fourth-order valence-corrected chi connectivity index (χ4v) is 1.95. The molecule has 0 spiro atoms. The first-order valence-corrected chi connectivity index (χ1v) is 6.68. The summed E-state index contributed by atoms with van der Waals surface area (Å²) in [5.74, 6) is -0.0613. The normalized spacial score (nSPS) is 16.8. The van der Waals surface area contributed by atoms with Gasteiger partial charge in [-0.1, -0.05) is 0 Å². The van der Waals surface area contributed by atoms with Gasteiger partial charge in [-0.15, -0.1) is 0 Å². The van der Waals surface area contributed by atoms with E-state index in [2.05, 4.69) is 0 Å². The summed E-state index contributed by atoms with van der Waals surface area (Å²) in [6.07, 6.45) is 0.886. The van der Waals surface area contributed by atoms with Gasteiger partial charge in [0.05, 0.1) is 0 Å². The first-order chi connectivity index (χ1) is 8.69. The zero-order chi connectivity index (χ0) is 14.6. The molecule has 19 heavy (non-hydrogen) atoms. The predicted octanol–water partition coefficient (Wildman–Crippen LogP) is 2.80. The molecule has 110 valence electrons. The molecule has 0 unspecified atom stereocenters. The topological polar surface area (TPSA) is 32.8 Å². The van der Waals surface area contributed by atoms with Crippen LogP contribution in [0, 0.1) is 0 Å². The number of halogens is 1. The van der Waals surface area contributed by atoms with E-state index in [0.29, 0.717) is 32.5 Å². The summed E-state index contributed by atoms with van der Waals surface area (Å²) in [6, 6.07) is 0. The van der Waals surface area contributed by atoms with E-state index in [9.17, 15) is 9.18 Å². The Bertz CT molecular complexity index is 349. The van der Waals surface area contributed by atoms with Crippen molar-refractivity contribution in [2.45, 2.75) is 39.2 Å². The van der Waals surface area contributed by atoms with Gasteiger partial charge in [-0.05, 0) is 53.3 Å². The molecule has 4 nitrogen and oxygen atoms in total. The minimum absolute atomic E-state index is 0.0613. The zero-order valence-corrected chi connectivity index (χ0v) is 12.6. The Kier molecular flexibility index (Phi) is 5.35. The molecule has 5 heteroatoms. The SMILES string of the molecule is CN(C)CC(F)=C1CCN(C(=O)OC(C)(C)C)CC1. The number of likely N-dealkylation sites (N-methyl/N-ethyl adjacent to an activating group) is 1. The molecule has 0 radical (unpaired) electrons. The Morgan fingerprint density at radius 1 is 1.32 bits per heavy atom. The van der Waals surface area contributed by atoms with E-state index >= 15 is 0 Å². The summed E-state index contributed by atoms with van der Waals surface area (Å²) < 4.78 is 19.1. The van der Waals surface area contributed by atoms with Crippen LogP contribution in [0.3, 0.4) is 0 Å². The molecule has 0 atom stereocenters. The Hall–Kier alpha value is -1.10.